The molecule has 96 valence electrons. The van der Waals surface area contributed by atoms with Gasteiger partial charge in [0.25, 0.3) is 0 Å². The van der Waals surface area contributed by atoms with E-state index in [1.165, 1.54) is 0 Å². The summed E-state index contributed by atoms with van der Waals surface area (Å²) < 4.78 is 17.8. The van der Waals surface area contributed by atoms with Crippen LogP contribution in [0.15, 0.2) is 54.6 Å². The maximum absolute atomic E-state index is 12.8. The van der Waals surface area contributed by atoms with E-state index in [0.717, 1.165) is 11.1 Å². The summed E-state index contributed by atoms with van der Waals surface area (Å²) in [6, 6.07) is 17.4. The average molecular weight is 323 g/mol. The van der Waals surface area contributed by atoms with E-state index in [0.29, 0.717) is 5.75 Å². The zero-order valence-corrected chi connectivity index (χ0v) is 12.7. The van der Waals surface area contributed by atoms with Crippen LogP contribution in [0.3, 0.4) is 0 Å². The molecule has 2 aromatic carbocycles. The minimum atomic E-state index is -3.01. The van der Waals surface area contributed by atoms with Gasteiger partial charge in [0.05, 0.1) is 0 Å². The zero-order valence-electron chi connectivity index (χ0n) is 9.51. The van der Waals surface area contributed by atoms with E-state index in [2.05, 4.69) is 4.82 Å². The molecule has 0 saturated heterocycles. The van der Waals surface area contributed by atoms with Gasteiger partial charge in [0.1, 0.15) is 0 Å². The van der Waals surface area contributed by atoms with Gasteiger partial charge in [0.15, 0.2) is 0 Å². The predicted octanol–water partition coefficient (Wildman–Crippen LogP) is 4.43. The molecule has 0 atom stereocenters. The van der Waals surface area contributed by atoms with Gasteiger partial charge >= 0.3 is 101 Å². The summed E-state index contributed by atoms with van der Waals surface area (Å²) in [4.78, 5) is 3.31. The summed E-state index contributed by atoms with van der Waals surface area (Å²) in [7, 11) is 0. The standard InChI is InChI=1S/C12H10O.CH2.2ClH.FH.Ti/c13-12-8-4-7-11(9-12)10-5-2-1-3-6-10;;;;;/h1-9,13H;1H2;3*1H;/q;;;;;+2/p-2. The van der Waals surface area contributed by atoms with E-state index in [1.54, 1.807) is 6.07 Å². The predicted molar refractivity (Wildman–Crippen MR) is 75.2 cm³/mol. The van der Waals surface area contributed by atoms with E-state index < -0.39 is 18.3 Å². The average Bonchev–Trinajstić information content (AvgIpc) is 2.30. The Bertz CT molecular complexity index is 505. The van der Waals surface area contributed by atoms with Crippen LogP contribution in [0.1, 0.15) is 0 Å². The molecule has 0 amide bonds. The third-order valence-electron chi connectivity index (χ3n) is 2.17. The number of hydrogen-bond donors (Lipinski definition) is 0. The normalized spacial score (nSPS) is 8.72. The van der Waals surface area contributed by atoms with Gasteiger partial charge in [0, 0.05) is 0 Å². The molecule has 0 fully saturated rings. The van der Waals surface area contributed by atoms with Crippen LogP contribution in [-0.2, 0) is 18.3 Å². The summed E-state index contributed by atoms with van der Waals surface area (Å²) in [5, 5.41) is 0. The number of benzene rings is 2. The summed E-state index contributed by atoms with van der Waals surface area (Å²) in [5.41, 5.74) is 2.12. The Morgan fingerprint density at radius 1 is 0.889 bits per heavy atom. The van der Waals surface area contributed by atoms with Gasteiger partial charge in [-0.2, -0.15) is 0 Å². The molecule has 0 aliphatic rings. The zero-order chi connectivity index (χ0) is 11.4. The fraction of sp³-hybridized carbons (Fsp3) is 0. The van der Waals surface area contributed by atoms with E-state index >= 15 is 0 Å². The van der Waals surface area contributed by atoms with Gasteiger partial charge in [-0.05, 0) is 0 Å². The molecule has 2 rings (SSSR count). The van der Waals surface area contributed by atoms with E-state index in [-0.39, 0.29) is 24.8 Å². The van der Waals surface area contributed by atoms with E-state index in [9.17, 15) is 3.09 Å². The van der Waals surface area contributed by atoms with Crippen molar-refractivity contribution in [2.24, 2.45) is 0 Å². The molecule has 0 spiro atoms. The quantitative estimate of drug-likeness (QED) is 0.760. The SMILES string of the molecule is Cl.Cl.[CH2]=[Ti]([F])[O]c1cccc(-c2ccccc2)c1. The molecule has 0 heterocycles. The van der Waals surface area contributed by atoms with Gasteiger partial charge < -0.3 is 0 Å². The molecule has 0 radical (unpaired) electrons. The van der Waals surface area contributed by atoms with Crippen molar-refractivity contribution in [3.05, 3.63) is 54.6 Å². The molecule has 0 unspecified atom stereocenters. The van der Waals surface area contributed by atoms with Crippen LogP contribution in [0.4, 0.5) is 3.09 Å². The second kappa shape index (κ2) is 8.44. The Balaban J connectivity index is 0.00000144. The van der Waals surface area contributed by atoms with Crippen molar-refractivity contribution >= 4 is 29.6 Å². The van der Waals surface area contributed by atoms with Gasteiger partial charge in [-0.3, -0.25) is 0 Å². The molecule has 1 nitrogen and oxygen atoms in total. The van der Waals surface area contributed by atoms with Crippen molar-refractivity contribution < 1.29 is 24.7 Å². The van der Waals surface area contributed by atoms with Crippen LogP contribution in [-0.4, -0.2) is 4.82 Å². The summed E-state index contributed by atoms with van der Waals surface area (Å²) in [6.45, 7) is 0. The van der Waals surface area contributed by atoms with Crippen LogP contribution in [0.5, 0.6) is 5.75 Å². The number of rotatable bonds is 3. The summed E-state index contributed by atoms with van der Waals surface area (Å²) >= 11 is -3.01. The van der Waals surface area contributed by atoms with Gasteiger partial charge in [0.2, 0.25) is 0 Å². The first-order chi connectivity index (χ1) is 7.75. The van der Waals surface area contributed by atoms with Crippen LogP contribution in [0.2, 0.25) is 0 Å². The first-order valence-corrected chi connectivity index (χ1v) is 7.26. The Morgan fingerprint density at radius 2 is 1.50 bits per heavy atom. The monoisotopic (exact) mass is 322 g/mol. The molecule has 0 saturated carbocycles. The Morgan fingerprint density at radius 3 is 2.11 bits per heavy atom. The maximum atomic E-state index is 12.8. The fourth-order valence-corrected chi connectivity index (χ4v) is 2.10. The molecule has 0 aromatic heterocycles. The molecule has 18 heavy (non-hydrogen) atoms. The topological polar surface area (TPSA) is 9.23 Å². The third-order valence-corrected chi connectivity index (χ3v) is 2.88. The van der Waals surface area contributed by atoms with E-state index in [4.69, 9.17) is 3.32 Å². The van der Waals surface area contributed by atoms with Gasteiger partial charge in [-0.25, -0.2) is 0 Å². The van der Waals surface area contributed by atoms with E-state index in [1.807, 2.05) is 48.5 Å². The van der Waals surface area contributed by atoms with Crippen LogP contribution in [0, 0.1) is 0 Å². The van der Waals surface area contributed by atoms with Crippen LogP contribution >= 0.6 is 24.8 Å². The summed E-state index contributed by atoms with van der Waals surface area (Å²) in [6.07, 6.45) is 0. The Labute approximate surface area is 125 Å². The van der Waals surface area contributed by atoms with Crippen molar-refractivity contribution in [1.82, 2.24) is 0 Å². The molecule has 2 aromatic rings. The van der Waals surface area contributed by atoms with Crippen LogP contribution in [0.25, 0.3) is 11.1 Å². The van der Waals surface area contributed by atoms with Crippen molar-refractivity contribution in [2.75, 3.05) is 0 Å². The van der Waals surface area contributed by atoms with Crippen molar-refractivity contribution in [3.63, 3.8) is 0 Å². The summed E-state index contributed by atoms with van der Waals surface area (Å²) in [5.74, 6) is 0.564. The second-order valence-electron chi connectivity index (χ2n) is 3.35. The number of hydrogen-bond acceptors (Lipinski definition) is 1. The first-order valence-electron chi connectivity index (χ1n) is 4.93. The van der Waals surface area contributed by atoms with Gasteiger partial charge in [-0.15, -0.1) is 24.8 Å². The fourth-order valence-electron chi connectivity index (χ4n) is 1.50. The molecule has 0 N–H and O–H groups in total. The minimum absolute atomic E-state index is 0. The van der Waals surface area contributed by atoms with Crippen molar-refractivity contribution in [1.29, 1.82) is 0 Å². The molecular formula is C13H13Cl2FOTi. The second-order valence-corrected chi connectivity index (χ2v) is 4.78. The Kier molecular flexibility index (Phi) is 8.13. The third kappa shape index (κ3) is 4.91. The number of halogens is 3. The van der Waals surface area contributed by atoms with Crippen molar-refractivity contribution in [3.8, 4) is 16.9 Å². The first kappa shape index (κ1) is 17.3. The molecule has 0 bridgehead atoms. The molecule has 0 aliphatic heterocycles. The molecule has 5 heteroatoms. The molecular weight excluding hydrogens is 310 g/mol. The van der Waals surface area contributed by atoms with Crippen molar-refractivity contribution in [2.45, 2.75) is 0 Å². The van der Waals surface area contributed by atoms with Gasteiger partial charge in [-0.1, -0.05) is 0 Å². The Hall–Kier alpha value is -0.666. The molecule has 0 aliphatic carbocycles. The van der Waals surface area contributed by atoms with Crippen LogP contribution < -0.4 is 3.32 Å².